The lowest BCUT2D eigenvalue weighted by Crippen LogP contribution is -2.45. The number of alkyl halides is 2. The molecule has 0 aromatic heterocycles. The molecule has 0 aliphatic heterocycles. The highest BCUT2D eigenvalue weighted by Gasteiger charge is 2.43. The molecular weight excluding hydrogens is 448 g/mol. The fourth-order valence-electron chi connectivity index (χ4n) is 2.08. The summed E-state index contributed by atoms with van der Waals surface area (Å²) in [6.07, 6.45) is 1.54. The first-order chi connectivity index (χ1) is 11.1. The maximum absolute atomic E-state index is 12.1. The number of allylic oxidation sites excluding steroid dienone is 2. The molecule has 1 aromatic rings. The van der Waals surface area contributed by atoms with Crippen LogP contribution in [0, 0.1) is 10.1 Å². The van der Waals surface area contributed by atoms with Crippen LogP contribution in [0.1, 0.15) is 24.2 Å². The van der Waals surface area contributed by atoms with Crippen LogP contribution in [-0.2, 0) is 9.63 Å². The van der Waals surface area contributed by atoms with E-state index < -0.39 is 20.0 Å². The molecule has 0 N–H and O–H groups in total. The first-order valence-electron chi connectivity index (χ1n) is 6.74. The highest BCUT2D eigenvalue weighted by molar-refractivity contribution is 9.13. The van der Waals surface area contributed by atoms with Crippen LogP contribution in [-0.4, -0.2) is 31.5 Å². The van der Waals surface area contributed by atoms with Gasteiger partial charge < -0.3 is 4.84 Å². The number of carbonyl (C=O) groups excluding carboxylic acids is 2. The molecule has 9 heteroatoms. The molecule has 0 spiro atoms. The summed E-state index contributed by atoms with van der Waals surface area (Å²) in [5, 5.41) is 14.4. The van der Waals surface area contributed by atoms with Gasteiger partial charge in [-0.05, 0) is 37.6 Å². The van der Waals surface area contributed by atoms with Gasteiger partial charge in [-0.25, -0.2) is 4.79 Å². The monoisotopic (exact) mass is 458 g/mol. The molecular formula is C15H12Br2N2O5. The molecule has 1 aliphatic carbocycles. The van der Waals surface area contributed by atoms with Crippen LogP contribution in [0.2, 0.25) is 0 Å². The molecule has 0 amide bonds. The van der Waals surface area contributed by atoms with E-state index in [0.717, 1.165) is 0 Å². The van der Waals surface area contributed by atoms with Crippen molar-refractivity contribution in [2.45, 2.75) is 23.0 Å². The van der Waals surface area contributed by atoms with Gasteiger partial charge in [0.15, 0.2) is 5.78 Å². The van der Waals surface area contributed by atoms with Crippen molar-refractivity contribution in [1.82, 2.24) is 0 Å². The highest BCUT2D eigenvalue weighted by atomic mass is 79.9. The molecule has 1 aromatic carbocycles. The molecule has 7 nitrogen and oxygen atoms in total. The van der Waals surface area contributed by atoms with E-state index in [0.29, 0.717) is 11.3 Å². The van der Waals surface area contributed by atoms with Crippen molar-refractivity contribution in [2.75, 3.05) is 0 Å². The van der Waals surface area contributed by atoms with E-state index in [1.165, 1.54) is 30.3 Å². The maximum atomic E-state index is 12.1. The van der Waals surface area contributed by atoms with Gasteiger partial charge in [0.2, 0.25) is 0 Å². The maximum Gasteiger partial charge on any atom is 0.365 e. The molecule has 2 unspecified atom stereocenters. The summed E-state index contributed by atoms with van der Waals surface area (Å²) in [7, 11) is 0. The third-order valence-corrected chi connectivity index (χ3v) is 6.27. The van der Waals surface area contributed by atoms with Crippen LogP contribution in [0.5, 0.6) is 0 Å². The van der Waals surface area contributed by atoms with Crippen molar-refractivity contribution < 1.29 is 19.3 Å². The summed E-state index contributed by atoms with van der Waals surface area (Å²) in [5.41, 5.74) is 0.861. The second-order valence-electron chi connectivity index (χ2n) is 5.29. The number of nitrogens with zero attached hydrogens (tertiary/aromatic N) is 2. The van der Waals surface area contributed by atoms with Gasteiger partial charge in [-0.3, -0.25) is 14.9 Å². The first kappa shape index (κ1) is 18.5. The Morgan fingerprint density at radius 2 is 1.96 bits per heavy atom. The van der Waals surface area contributed by atoms with E-state index in [-0.39, 0.29) is 17.0 Å². The number of carbonyl (C=O) groups is 2. The second-order valence-corrected chi connectivity index (χ2v) is 7.86. The largest absolute Gasteiger partial charge is 0.365 e. The molecule has 0 bridgehead atoms. The third kappa shape index (κ3) is 3.62. The quantitative estimate of drug-likeness (QED) is 0.298. The zero-order valence-electron chi connectivity index (χ0n) is 12.7. The number of ketones is 1. The first-order valence-corrected chi connectivity index (χ1v) is 8.45. The van der Waals surface area contributed by atoms with Crippen molar-refractivity contribution in [3.8, 4) is 0 Å². The Balaban J connectivity index is 2.19. The highest BCUT2D eigenvalue weighted by Crippen LogP contribution is 2.36. The lowest BCUT2D eigenvalue weighted by Gasteiger charge is -2.30. The van der Waals surface area contributed by atoms with Gasteiger partial charge in [0, 0.05) is 12.1 Å². The molecule has 0 saturated carbocycles. The number of hydrogen-bond acceptors (Lipinski definition) is 6. The zero-order chi connectivity index (χ0) is 18.1. The SMILES string of the molecule is CC1=C/C(=N\OC(=O)c2ccc([N+](=O)[O-])cc2)C(Br)C(C)(Br)C1=O. The van der Waals surface area contributed by atoms with Gasteiger partial charge in [-0.2, -0.15) is 0 Å². The number of oxime groups is 1. The Labute approximate surface area is 154 Å². The summed E-state index contributed by atoms with van der Waals surface area (Å²) in [4.78, 5) is 38.5. The number of non-ortho nitro benzene ring substituents is 1. The Hall–Kier alpha value is -1.87. The van der Waals surface area contributed by atoms with Crippen LogP contribution in [0.25, 0.3) is 0 Å². The van der Waals surface area contributed by atoms with E-state index in [1.807, 2.05) is 0 Å². The van der Waals surface area contributed by atoms with Crippen molar-refractivity contribution >= 4 is 55.0 Å². The minimum absolute atomic E-state index is 0.0926. The van der Waals surface area contributed by atoms with Crippen molar-refractivity contribution in [2.24, 2.45) is 5.16 Å². The molecule has 24 heavy (non-hydrogen) atoms. The average Bonchev–Trinajstić information content (AvgIpc) is 2.55. The normalized spacial score (nSPS) is 25.3. The molecule has 0 fully saturated rings. The fourth-order valence-corrected chi connectivity index (χ4v) is 3.05. The third-order valence-electron chi connectivity index (χ3n) is 3.45. The smallest absolute Gasteiger partial charge is 0.313 e. The molecule has 0 saturated heterocycles. The van der Waals surface area contributed by atoms with Crippen LogP contribution in [0.4, 0.5) is 5.69 Å². The van der Waals surface area contributed by atoms with Crippen LogP contribution < -0.4 is 0 Å². The van der Waals surface area contributed by atoms with Gasteiger partial charge in [-0.1, -0.05) is 37.0 Å². The molecule has 126 valence electrons. The van der Waals surface area contributed by atoms with E-state index in [2.05, 4.69) is 37.0 Å². The van der Waals surface area contributed by atoms with Crippen LogP contribution >= 0.6 is 31.9 Å². The number of benzene rings is 1. The Bertz CT molecular complexity index is 769. The van der Waals surface area contributed by atoms with Gasteiger partial charge in [-0.15, -0.1) is 0 Å². The lowest BCUT2D eigenvalue weighted by atomic mass is 9.88. The number of nitro benzene ring substituents is 1. The Morgan fingerprint density at radius 1 is 1.38 bits per heavy atom. The van der Waals surface area contributed by atoms with Gasteiger partial charge in [0.25, 0.3) is 5.69 Å². The average molecular weight is 460 g/mol. The summed E-state index contributed by atoms with van der Waals surface area (Å²) >= 11 is 6.72. The summed E-state index contributed by atoms with van der Waals surface area (Å²) < 4.78 is -0.898. The zero-order valence-corrected chi connectivity index (χ0v) is 15.8. The van der Waals surface area contributed by atoms with Crippen molar-refractivity contribution in [3.05, 3.63) is 51.6 Å². The van der Waals surface area contributed by atoms with E-state index in [9.17, 15) is 19.7 Å². The van der Waals surface area contributed by atoms with Gasteiger partial charge >= 0.3 is 5.97 Å². The van der Waals surface area contributed by atoms with E-state index in [1.54, 1.807) is 13.8 Å². The minimum Gasteiger partial charge on any atom is -0.313 e. The van der Waals surface area contributed by atoms with Gasteiger partial charge in [0.1, 0.15) is 4.32 Å². The number of halogens is 2. The molecule has 2 atom stereocenters. The minimum atomic E-state index is -0.898. The van der Waals surface area contributed by atoms with Crippen molar-refractivity contribution in [1.29, 1.82) is 0 Å². The number of Topliss-reactive ketones (excluding diaryl/α,β-unsaturated/α-hetero) is 1. The second kappa shape index (κ2) is 6.94. The lowest BCUT2D eigenvalue weighted by molar-refractivity contribution is -0.384. The Kier molecular flexibility index (Phi) is 5.34. The van der Waals surface area contributed by atoms with E-state index in [4.69, 9.17) is 4.84 Å². The van der Waals surface area contributed by atoms with Crippen LogP contribution in [0.3, 0.4) is 0 Å². The van der Waals surface area contributed by atoms with E-state index >= 15 is 0 Å². The Morgan fingerprint density at radius 3 is 2.50 bits per heavy atom. The number of hydrogen-bond donors (Lipinski definition) is 0. The number of nitro groups is 1. The summed E-state index contributed by atoms with van der Waals surface area (Å²) in [5.74, 6) is -0.846. The van der Waals surface area contributed by atoms with Gasteiger partial charge in [0.05, 0.1) is 21.0 Å². The predicted molar refractivity (Wildman–Crippen MR) is 94.8 cm³/mol. The molecule has 0 radical (unpaired) electrons. The summed E-state index contributed by atoms with van der Waals surface area (Å²) in [6.45, 7) is 3.34. The topological polar surface area (TPSA) is 98.9 Å². The summed E-state index contributed by atoms with van der Waals surface area (Å²) in [6, 6.07) is 4.98. The number of rotatable bonds is 3. The van der Waals surface area contributed by atoms with Crippen molar-refractivity contribution in [3.63, 3.8) is 0 Å². The predicted octanol–water partition coefficient (Wildman–Crippen LogP) is 3.55. The molecule has 1 aliphatic rings. The molecule has 2 rings (SSSR count). The van der Waals surface area contributed by atoms with Crippen LogP contribution in [0.15, 0.2) is 41.1 Å². The fraction of sp³-hybridized carbons (Fsp3) is 0.267. The molecule has 0 heterocycles. The standard InChI is InChI=1S/C15H12Br2N2O5/c1-8-7-11(12(16)15(2,17)13(8)20)18-24-14(21)9-3-5-10(6-4-9)19(22)23/h3-7,12H,1-2H3/b18-11+.